The van der Waals surface area contributed by atoms with Crippen molar-refractivity contribution in [1.82, 2.24) is 4.90 Å². The number of carbonyl (C=O) groups excluding carboxylic acids is 1. The first kappa shape index (κ1) is 15.4. The predicted octanol–water partition coefficient (Wildman–Crippen LogP) is 2.25. The molecule has 3 nitrogen and oxygen atoms in total. The standard InChI is InChI=1S/C13H28N2O/c1-10(8-13(3,4)5)7-12(16)15(6)9-11(2)14/h10-11H,7-9,14H2,1-6H3. The van der Waals surface area contributed by atoms with Crippen molar-refractivity contribution in [2.75, 3.05) is 13.6 Å². The Kier molecular flexibility index (Phi) is 6.01. The molecule has 0 rings (SSSR count). The number of hydrogen-bond donors (Lipinski definition) is 1. The number of amides is 1. The zero-order valence-corrected chi connectivity index (χ0v) is 11.7. The Balaban J connectivity index is 4.04. The zero-order valence-electron chi connectivity index (χ0n) is 11.7. The quantitative estimate of drug-likeness (QED) is 0.784. The highest BCUT2D eigenvalue weighted by Gasteiger charge is 2.19. The fourth-order valence-electron chi connectivity index (χ4n) is 2.11. The Hall–Kier alpha value is -0.570. The molecule has 0 saturated carbocycles. The van der Waals surface area contributed by atoms with Gasteiger partial charge < -0.3 is 10.6 Å². The average Bonchev–Trinajstić information content (AvgIpc) is 1.98. The van der Waals surface area contributed by atoms with Gasteiger partial charge in [0.1, 0.15) is 0 Å². The third-order valence-corrected chi connectivity index (χ3v) is 2.47. The normalized spacial score (nSPS) is 15.7. The Morgan fingerprint density at radius 2 is 1.81 bits per heavy atom. The topological polar surface area (TPSA) is 46.3 Å². The van der Waals surface area contributed by atoms with Crippen LogP contribution in [0.3, 0.4) is 0 Å². The van der Waals surface area contributed by atoms with Crippen LogP contribution in [0.5, 0.6) is 0 Å². The lowest BCUT2D eigenvalue weighted by molar-refractivity contribution is -0.131. The highest BCUT2D eigenvalue weighted by Crippen LogP contribution is 2.26. The molecule has 0 fully saturated rings. The molecular weight excluding hydrogens is 200 g/mol. The second-order valence-corrected chi connectivity index (χ2v) is 6.33. The Bertz CT molecular complexity index is 218. The summed E-state index contributed by atoms with van der Waals surface area (Å²) in [6, 6.07) is 0.0480. The molecule has 2 atom stereocenters. The van der Waals surface area contributed by atoms with Crippen LogP contribution in [0.15, 0.2) is 0 Å². The van der Waals surface area contributed by atoms with E-state index in [4.69, 9.17) is 5.73 Å². The lowest BCUT2D eigenvalue weighted by Crippen LogP contribution is -2.37. The molecule has 0 radical (unpaired) electrons. The summed E-state index contributed by atoms with van der Waals surface area (Å²) in [6.45, 7) is 11.3. The van der Waals surface area contributed by atoms with Crippen LogP contribution < -0.4 is 5.73 Å². The molecule has 2 N–H and O–H groups in total. The molecule has 0 aliphatic heterocycles. The van der Waals surface area contributed by atoms with E-state index < -0.39 is 0 Å². The predicted molar refractivity (Wildman–Crippen MR) is 69.1 cm³/mol. The first-order valence-corrected chi connectivity index (χ1v) is 6.11. The van der Waals surface area contributed by atoms with Gasteiger partial charge in [-0.25, -0.2) is 0 Å². The molecule has 0 aliphatic rings. The van der Waals surface area contributed by atoms with Crippen molar-refractivity contribution in [3.05, 3.63) is 0 Å². The Morgan fingerprint density at radius 1 is 1.31 bits per heavy atom. The van der Waals surface area contributed by atoms with E-state index in [1.807, 2.05) is 14.0 Å². The fraction of sp³-hybridized carbons (Fsp3) is 0.923. The van der Waals surface area contributed by atoms with E-state index in [-0.39, 0.29) is 11.9 Å². The summed E-state index contributed by atoms with van der Waals surface area (Å²) in [6.07, 6.45) is 1.70. The highest BCUT2D eigenvalue weighted by atomic mass is 16.2. The van der Waals surface area contributed by atoms with E-state index in [2.05, 4.69) is 27.7 Å². The summed E-state index contributed by atoms with van der Waals surface area (Å²) in [7, 11) is 1.83. The number of carbonyl (C=O) groups is 1. The van der Waals surface area contributed by atoms with E-state index in [1.54, 1.807) is 4.90 Å². The molecule has 0 saturated heterocycles. The van der Waals surface area contributed by atoms with Crippen molar-refractivity contribution >= 4 is 5.91 Å². The monoisotopic (exact) mass is 228 g/mol. The number of likely N-dealkylation sites (N-methyl/N-ethyl adjacent to an activating group) is 1. The average molecular weight is 228 g/mol. The van der Waals surface area contributed by atoms with Crippen molar-refractivity contribution < 1.29 is 4.79 Å². The van der Waals surface area contributed by atoms with E-state index in [0.717, 1.165) is 6.42 Å². The molecule has 0 aliphatic carbocycles. The van der Waals surface area contributed by atoms with Crippen LogP contribution in [-0.4, -0.2) is 30.4 Å². The molecule has 0 aromatic rings. The van der Waals surface area contributed by atoms with Crippen LogP contribution in [-0.2, 0) is 4.79 Å². The summed E-state index contributed by atoms with van der Waals surface area (Å²) in [5, 5.41) is 0. The van der Waals surface area contributed by atoms with Crippen LogP contribution in [0.2, 0.25) is 0 Å². The summed E-state index contributed by atoms with van der Waals surface area (Å²) in [4.78, 5) is 13.6. The molecule has 3 heteroatoms. The smallest absolute Gasteiger partial charge is 0.222 e. The molecule has 16 heavy (non-hydrogen) atoms. The first-order valence-electron chi connectivity index (χ1n) is 6.11. The third-order valence-electron chi connectivity index (χ3n) is 2.47. The van der Waals surface area contributed by atoms with Crippen LogP contribution in [0.25, 0.3) is 0 Å². The molecule has 0 aromatic carbocycles. The molecule has 96 valence electrons. The molecule has 0 aromatic heterocycles. The van der Waals surface area contributed by atoms with Gasteiger partial charge in [0.05, 0.1) is 0 Å². The van der Waals surface area contributed by atoms with Gasteiger partial charge in [0.15, 0.2) is 0 Å². The van der Waals surface area contributed by atoms with Crippen LogP contribution in [0, 0.1) is 11.3 Å². The van der Waals surface area contributed by atoms with Gasteiger partial charge >= 0.3 is 0 Å². The molecular formula is C13H28N2O. The van der Waals surface area contributed by atoms with Crippen molar-refractivity contribution in [3.63, 3.8) is 0 Å². The maximum absolute atomic E-state index is 11.8. The molecule has 0 heterocycles. The lowest BCUT2D eigenvalue weighted by Gasteiger charge is -2.25. The van der Waals surface area contributed by atoms with Gasteiger partial charge in [-0.1, -0.05) is 27.7 Å². The van der Waals surface area contributed by atoms with Gasteiger partial charge in [-0.2, -0.15) is 0 Å². The van der Waals surface area contributed by atoms with Gasteiger partial charge in [0, 0.05) is 26.1 Å². The summed E-state index contributed by atoms with van der Waals surface area (Å²) in [5.74, 6) is 0.636. The van der Waals surface area contributed by atoms with Gasteiger partial charge in [-0.3, -0.25) is 4.79 Å². The number of rotatable bonds is 5. The third kappa shape index (κ3) is 7.69. The maximum Gasteiger partial charge on any atom is 0.222 e. The van der Waals surface area contributed by atoms with Gasteiger partial charge in [0.25, 0.3) is 0 Å². The van der Waals surface area contributed by atoms with Gasteiger partial charge in [0.2, 0.25) is 5.91 Å². The van der Waals surface area contributed by atoms with Gasteiger partial charge in [-0.05, 0) is 24.7 Å². The molecule has 1 amide bonds. The second-order valence-electron chi connectivity index (χ2n) is 6.33. The van der Waals surface area contributed by atoms with Gasteiger partial charge in [-0.15, -0.1) is 0 Å². The first-order chi connectivity index (χ1) is 7.11. The number of nitrogens with zero attached hydrogens (tertiary/aromatic N) is 1. The van der Waals surface area contributed by atoms with Crippen LogP contribution >= 0.6 is 0 Å². The van der Waals surface area contributed by atoms with Crippen LogP contribution in [0.1, 0.15) is 47.5 Å². The fourth-order valence-corrected chi connectivity index (χ4v) is 2.11. The summed E-state index contributed by atoms with van der Waals surface area (Å²) in [5.41, 5.74) is 5.96. The molecule has 0 spiro atoms. The molecule has 0 bridgehead atoms. The zero-order chi connectivity index (χ0) is 12.9. The minimum atomic E-state index is 0.0480. The van der Waals surface area contributed by atoms with Crippen molar-refractivity contribution in [2.45, 2.75) is 53.5 Å². The summed E-state index contributed by atoms with van der Waals surface area (Å²) >= 11 is 0. The highest BCUT2D eigenvalue weighted by molar-refractivity contribution is 5.76. The number of nitrogens with two attached hydrogens (primary N) is 1. The minimum Gasteiger partial charge on any atom is -0.344 e. The van der Waals surface area contributed by atoms with E-state index >= 15 is 0 Å². The van der Waals surface area contributed by atoms with E-state index in [1.165, 1.54) is 0 Å². The Morgan fingerprint density at radius 3 is 2.19 bits per heavy atom. The van der Waals surface area contributed by atoms with Crippen molar-refractivity contribution in [3.8, 4) is 0 Å². The SMILES string of the molecule is CC(N)CN(C)C(=O)CC(C)CC(C)(C)C. The van der Waals surface area contributed by atoms with Crippen molar-refractivity contribution in [2.24, 2.45) is 17.1 Å². The van der Waals surface area contributed by atoms with Crippen molar-refractivity contribution in [1.29, 1.82) is 0 Å². The maximum atomic E-state index is 11.8. The number of hydrogen-bond acceptors (Lipinski definition) is 2. The largest absolute Gasteiger partial charge is 0.344 e. The lowest BCUT2D eigenvalue weighted by atomic mass is 9.84. The summed E-state index contributed by atoms with van der Waals surface area (Å²) < 4.78 is 0. The molecule has 2 unspecified atom stereocenters. The van der Waals surface area contributed by atoms with E-state index in [9.17, 15) is 4.79 Å². The second kappa shape index (κ2) is 6.24. The Labute approximate surface area is 100 Å². The van der Waals surface area contributed by atoms with Crippen LogP contribution in [0.4, 0.5) is 0 Å². The van der Waals surface area contributed by atoms with E-state index in [0.29, 0.717) is 24.3 Å². The minimum absolute atomic E-state index is 0.0480.